The fourth-order valence-corrected chi connectivity index (χ4v) is 5.41. The van der Waals surface area contributed by atoms with Gasteiger partial charge in [0.15, 0.2) is 17.3 Å². The van der Waals surface area contributed by atoms with Crippen LogP contribution in [0, 0.1) is 11.6 Å². The van der Waals surface area contributed by atoms with Crippen LogP contribution in [0.2, 0.25) is 0 Å². The Hall–Kier alpha value is -5.05. The van der Waals surface area contributed by atoms with Gasteiger partial charge >= 0.3 is 11.9 Å². The Morgan fingerprint density at radius 1 is 0.867 bits per heavy atom. The molecule has 0 bridgehead atoms. The molecule has 1 saturated heterocycles. The van der Waals surface area contributed by atoms with E-state index in [0.717, 1.165) is 16.8 Å². The number of carboxylic acids is 2. The average molecular weight is 631 g/mol. The zero-order valence-electron chi connectivity index (χ0n) is 24.3. The summed E-state index contributed by atoms with van der Waals surface area (Å²) in [6, 6.07) is 4.09. The number of halogens is 3. The minimum Gasteiger partial charge on any atom is -0.477 e. The Kier molecular flexibility index (Phi) is 8.73. The molecule has 45 heavy (non-hydrogen) atoms. The molecule has 0 amide bonds. The van der Waals surface area contributed by atoms with Crippen LogP contribution in [0.1, 0.15) is 27.6 Å². The van der Waals surface area contributed by atoms with E-state index in [9.17, 15) is 28.0 Å². The number of ether oxygens (including phenoxy) is 2. The van der Waals surface area contributed by atoms with Gasteiger partial charge in [-0.2, -0.15) is 0 Å². The molecule has 2 aliphatic rings. The van der Waals surface area contributed by atoms with Crippen molar-refractivity contribution in [2.75, 3.05) is 51.6 Å². The molecule has 15 heteroatoms. The summed E-state index contributed by atoms with van der Waals surface area (Å²) in [5, 5.41) is 18.1. The lowest BCUT2D eigenvalue weighted by Crippen LogP contribution is -2.45. The second-order valence-electron chi connectivity index (χ2n) is 10.5. The van der Waals surface area contributed by atoms with Crippen molar-refractivity contribution in [1.29, 1.82) is 0 Å². The number of carboxylic acid groups (broad SMARTS) is 2. The van der Waals surface area contributed by atoms with Crippen molar-refractivity contribution in [3.63, 3.8) is 0 Å². The van der Waals surface area contributed by atoms with Gasteiger partial charge in [0.1, 0.15) is 29.3 Å². The molecule has 1 fully saturated rings. The van der Waals surface area contributed by atoms with Crippen LogP contribution in [0.5, 0.6) is 11.5 Å². The number of pyridine rings is 2. The SMILES string of the molecule is CCn1cc(C(=O)O)c(=O)c2cc3c(cc21)OCO3.CN1CCN(c2c(F)cc3c(=O)c(C(=O)O)cn(CCF)c3c2F)CC1. The molecule has 2 aromatic heterocycles. The second kappa shape index (κ2) is 12.5. The van der Waals surface area contributed by atoms with Crippen LogP contribution in [0.25, 0.3) is 21.8 Å². The molecule has 6 rings (SSSR count). The van der Waals surface area contributed by atoms with Crippen LogP contribution in [0.15, 0.2) is 40.2 Å². The van der Waals surface area contributed by atoms with E-state index in [0.29, 0.717) is 55.1 Å². The topological polar surface area (TPSA) is 144 Å². The second-order valence-corrected chi connectivity index (χ2v) is 10.5. The maximum Gasteiger partial charge on any atom is 0.341 e. The maximum absolute atomic E-state index is 15.2. The van der Waals surface area contributed by atoms with E-state index in [2.05, 4.69) is 0 Å². The van der Waals surface area contributed by atoms with Gasteiger partial charge in [-0.15, -0.1) is 0 Å². The zero-order chi connectivity index (χ0) is 32.6. The lowest BCUT2D eigenvalue weighted by molar-refractivity contribution is 0.0684. The van der Waals surface area contributed by atoms with Crippen molar-refractivity contribution in [1.82, 2.24) is 14.0 Å². The largest absolute Gasteiger partial charge is 0.477 e. The third-order valence-corrected chi connectivity index (χ3v) is 7.75. The number of carbonyl (C=O) groups is 2. The highest BCUT2D eigenvalue weighted by Gasteiger charge is 2.27. The first-order valence-electron chi connectivity index (χ1n) is 13.9. The number of aromatic carboxylic acids is 2. The van der Waals surface area contributed by atoms with Crippen molar-refractivity contribution in [3.05, 3.63) is 73.8 Å². The van der Waals surface area contributed by atoms with Crippen molar-refractivity contribution in [3.8, 4) is 11.5 Å². The first-order valence-corrected chi connectivity index (χ1v) is 13.9. The number of hydrogen-bond acceptors (Lipinski definition) is 8. The van der Waals surface area contributed by atoms with Crippen LogP contribution in [-0.4, -0.2) is 82.9 Å². The molecule has 2 aliphatic heterocycles. The van der Waals surface area contributed by atoms with Gasteiger partial charge in [-0.3, -0.25) is 9.59 Å². The van der Waals surface area contributed by atoms with Gasteiger partial charge in [0.25, 0.3) is 0 Å². The number of alkyl halides is 1. The van der Waals surface area contributed by atoms with Gasteiger partial charge in [0, 0.05) is 51.2 Å². The highest BCUT2D eigenvalue weighted by atomic mass is 19.1. The van der Waals surface area contributed by atoms with E-state index in [1.165, 1.54) is 6.20 Å². The quantitative estimate of drug-likeness (QED) is 0.326. The number of anilines is 1. The van der Waals surface area contributed by atoms with E-state index < -0.39 is 52.1 Å². The summed E-state index contributed by atoms with van der Waals surface area (Å²) in [6.45, 7) is 3.33. The minimum atomic E-state index is -1.53. The van der Waals surface area contributed by atoms with Crippen molar-refractivity contribution in [2.24, 2.45) is 0 Å². The summed E-state index contributed by atoms with van der Waals surface area (Å²) in [4.78, 5) is 50.4. The fraction of sp³-hybridized carbons (Fsp3) is 0.333. The van der Waals surface area contributed by atoms with Gasteiger partial charge in [-0.25, -0.2) is 22.8 Å². The van der Waals surface area contributed by atoms with E-state index in [1.54, 1.807) is 21.6 Å². The maximum atomic E-state index is 15.2. The Morgan fingerprint density at radius 2 is 1.44 bits per heavy atom. The predicted octanol–water partition coefficient (Wildman–Crippen LogP) is 3.15. The molecule has 238 valence electrons. The molecule has 0 aliphatic carbocycles. The minimum absolute atomic E-state index is 0.109. The molecule has 0 atom stereocenters. The predicted molar refractivity (Wildman–Crippen MR) is 158 cm³/mol. The van der Waals surface area contributed by atoms with Crippen molar-refractivity contribution < 1.29 is 42.4 Å². The lowest BCUT2D eigenvalue weighted by Gasteiger charge is -2.34. The summed E-state index contributed by atoms with van der Waals surface area (Å²) in [6.07, 6.45) is 2.26. The van der Waals surface area contributed by atoms with Gasteiger partial charge in [-0.1, -0.05) is 0 Å². The Labute approximate surface area is 253 Å². The van der Waals surface area contributed by atoms with E-state index in [1.807, 2.05) is 18.9 Å². The first-order chi connectivity index (χ1) is 21.5. The summed E-state index contributed by atoms with van der Waals surface area (Å²) >= 11 is 0. The number of hydrogen-bond donors (Lipinski definition) is 2. The van der Waals surface area contributed by atoms with Crippen molar-refractivity contribution >= 4 is 39.4 Å². The normalized spacial score (nSPS) is 14.5. The Morgan fingerprint density at radius 3 is 2.02 bits per heavy atom. The number of piperazine rings is 1. The molecule has 12 nitrogen and oxygen atoms in total. The standard InChI is InChI=1S/C17H18F3N3O3.C13H11NO5/c1-21-4-6-22(7-5-21)15-12(19)8-10-14(13(15)20)23(3-2-18)9-11(16(10)24)17(25)26;1-2-14-5-8(13(16)17)12(15)7-3-10-11(4-9(7)14)19-6-18-10/h8-9H,2-7H2,1H3,(H,25,26);3-5H,2,6H2,1H3,(H,16,17). The Bertz CT molecular complexity index is 1950. The monoisotopic (exact) mass is 630 g/mol. The van der Waals surface area contributed by atoms with Crippen LogP contribution in [0.4, 0.5) is 18.9 Å². The number of rotatable bonds is 6. The molecule has 0 radical (unpaired) electrons. The number of likely N-dealkylation sites (N-methyl/N-ethyl adjacent to an activating group) is 1. The molecular weight excluding hydrogens is 601 g/mol. The highest BCUT2D eigenvalue weighted by Crippen LogP contribution is 2.35. The third kappa shape index (κ3) is 5.78. The number of fused-ring (bicyclic) bond motifs is 3. The number of benzene rings is 2. The Balaban J connectivity index is 0.000000186. The number of aromatic nitrogens is 2. The summed E-state index contributed by atoms with van der Waals surface area (Å²) < 4.78 is 55.9. The number of nitrogens with zero attached hydrogens (tertiary/aromatic N) is 4. The molecular formula is C30H29F3N4O8. The number of aryl methyl sites for hydroxylation is 2. The van der Waals surface area contributed by atoms with E-state index in [4.69, 9.17) is 19.7 Å². The third-order valence-electron chi connectivity index (χ3n) is 7.75. The van der Waals surface area contributed by atoms with Crippen molar-refractivity contribution in [2.45, 2.75) is 20.0 Å². The molecule has 4 heterocycles. The van der Waals surface area contributed by atoms with Gasteiger partial charge in [0.2, 0.25) is 17.7 Å². The highest BCUT2D eigenvalue weighted by molar-refractivity contribution is 5.94. The first kappa shape index (κ1) is 31.4. The molecule has 4 aromatic rings. The van der Waals surface area contributed by atoms with Gasteiger partial charge in [0.05, 0.1) is 28.4 Å². The van der Waals surface area contributed by atoms with E-state index in [-0.39, 0.29) is 30.1 Å². The lowest BCUT2D eigenvalue weighted by atomic mass is 10.1. The molecule has 0 spiro atoms. The zero-order valence-corrected chi connectivity index (χ0v) is 24.3. The van der Waals surface area contributed by atoms with Crippen LogP contribution < -0.4 is 25.2 Å². The van der Waals surface area contributed by atoms with E-state index >= 15 is 4.39 Å². The van der Waals surface area contributed by atoms with Gasteiger partial charge < -0.3 is 38.6 Å². The summed E-state index contributed by atoms with van der Waals surface area (Å²) in [7, 11) is 1.90. The fourth-order valence-electron chi connectivity index (χ4n) is 5.41. The van der Waals surface area contributed by atoms with Crippen LogP contribution in [-0.2, 0) is 13.1 Å². The average Bonchev–Trinajstić information content (AvgIpc) is 3.47. The molecule has 0 unspecified atom stereocenters. The molecule has 2 N–H and O–H groups in total. The van der Waals surface area contributed by atoms with Gasteiger partial charge in [-0.05, 0) is 26.1 Å². The van der Waals surface area contributed by atoms with Crippen LogP contribution >= 0.6 is 0 Å². The smallest absolute Gasteiger partial charge is 0.341 e. The van der Waals surface area contributed by atoms with Crippen LogP contribution in [0.3, 0.4) is 0 Å². The molecule has 2 aromatic carbocycles. The molecule has 0 saturated carbocycles. The summed E-state index contributed by atoms with van der Waals surface area (Å²) in [5.41, 5.74) is -2.32. The summed E-state index contributed by atoms with van der Waals surface area (Å²) in [5.74, 6) is -3.65.